The van der Waals surface area contributed by atoms with Gasteiger partial charge in [0.05, 0.1) is 5.69 Å². The predicted octanol–water partition coefficient (Wildman–Crippen LogP) is 5.03. The zero-order valence-corrected chi connectivity index (χ0v) is 17.9. The van der Waals surface area contributed by atoms with Gasteiger partial charge in [-0.05, 0) is 48.9 Å². The molecule has 1 aliphatic rings. The van der Waals surface area contributed by atoms with E-state index in [9.17, 15) is 14.4 Å². The molecule has 1 aliphatic heterocycles. The quantitative estimate of drug-likeness (QED) is 0.595. The highest BCUT2D eigenvalue weighted by molar-refractivity contribution is 8.14. The number of amides is 1. The molecule has 0 radical (unpaired) electrons. The summed E-state index contributed by atoms with van der Waals surface area (Å²) in [5.41, 5.74) is 0.0699. The lowest BCUT2D eigenvalue weighted by Gasteiger charge is -2.33. The molecule has 1 atom stereocenters. The summed E-state index contributed by atoms with van der Waals surface area (Å²) in [5, 5.41) is 8.76. The summed E-state index contributed by atoms with van der Waals surface area (Å²) in [4.78, 5) is 40.4. The van der Waals surface area contributed by atoms with Crippen molar-refractivity contribution in [3.05, 3.63) is 48.5 Å². The number of unbranched alkanes of at least 4 members (excludes halogenated alkanes) is 1. The van der Waals surface area contributed by atoms with E-state index in [0.29, 0.717) is 34.9 Å². The maximum absolute atomic E-state index is 13.9. The SMILES string of the molecule is CCCCC1(CC)C(=O)Sc2ccc(OCC(=O)O)cc2N(c2ccccc2)C1=O. The number of carbonyl (C=O) groups is 3. The molecule has 0 spiro atoms. The number of ether oxygens (including phenoxy) is 1. The largest absolute Gasteiger partial charge is 0.482 e. The lowest BCUT2D eigenvalue weighted by Crippen LogP contribution is -2.44. The molecule has 0 aromatic heterocycles. The van der Waals surface area contributed by atoms with E-state index in [1.165, 1.54) is 0 Å². The average Bonchev–Trinajstić information content (AvgIpc) is 2.83. The molecule has 1 N–H and O–H groups in total. The minimum atomic E-state index is -1.11. The van der Waals surface area contributed by atoms with Gasteiger partial charge in [0.1, 0.15) is 11.2 Å². The Kier molecular flexibility index (Phi) is 6.82. The minimum Gasteiger partial charge on any atom is -0.482 e. The van der Waals surface area contributed by atoms with Gasteiger partial charge in [-0.25, -0.2) is 4.79 Å². The second kappa shape index (κ2) is 9.34. The van der Waals surface area contributed by atoms with Crippen molar-refractivity contribution in [3.63, 3.8) is 0 Å². The Morgan fingerprint density at radius 2 is 1.87 bits per heavy atom. The molecule has 0 saturated heterocycles. The maximum atomic E-state index is 13.9. The van der Waals surface area contributed by atoms with Crippen LogP contribution < -0.4 is 9.64 Å². The first-order chi connectivity index (χ1) is 14.4. The molecular weight excluding hydrogens is 402 g/mol. The van der Waals surface area contributed by atoms with Crippen LogP contribution in [0.3, 0.4) is 0 Å². The number of nitrogens with zero attached hydrogens (tertiary/aromatic N) is 1. The molecule has 0 fully saturated rings. The summed E-state index contributed by atoms with van der Waals surface area (Å²) in [6.07, 6.45) is 2.57. The molecule has 2 aromatic carbocycles. The standard InChI is InChI=1S/C23H25NO5S/c1-3-5-13-23(4-2)21(27)24(16-9-7-6-8-10-16)18-14-17(29-15-20(25)26)11-12-19(18)30-22(23)28/h6-12,14H,3-5,13,15H2,1-2H3,(H,25,26). The topological polar surface area (TPSA) is 83.9 Å². The number of anilines is 2. The second-order valence-electron chi connectivity index (χ2n) is 7.22. The highest BCUT2D eigenvalue weighted by atomic mass is 32.2. The number of rotatable bonds is 8. The summed E-state index contributed by atoms with van der Waals surface area (Å²) >= 11 is 1.08. The molecule has 158 valence electrons. The molecule has 3 rings (SSSR count). The number of hydrogen-bond donors (Lipinski definition) is 1. The van der Waals surface area contributed by atoms with E-state index in [4.69, 9.17) is 9.84 Å². The van der Waals surface area contributed by atoms with Crippen LogP contribution in [0.4, 0.5) is 11.4 Å². The third-order valence-electron chi connectivity index (χ3n) is 5.31. The Morgan fingerprint density at radius 1 is 1.13 bits per heavy atom. The Hall–Kier alpha value is -2.80. The van der Waals surface area contributed by atoms with Crippen LogP contribution in [0.1, 0.15) is 39.5 Å². The third kappa shape index (κ3) is 4.21. The number of aliphatic carboxylic acids is 1. The van der Waals surface area contributed by atoms with E-state index in [0.717, 1.165) is 24.6 Å². The number of thioether (sulfide) groups is 1. The van der Waals surface area contributed by atoms with Gasteiger partial charge in [-0.3, -0.25) is 14.5 Å². The number of hydrogen-bond acceptors (Lipinski definition) is 5. The van der Waals surface area contributed by atoms with Crippen LogP contribution >= 0.6 is 11.8 Å². The number of carboxylic acids is 1. The van der Waals surface area contributed by atoms with Crippen LogP contribution in [0, 0.1) is 5.41 Å². The zero-order valence-electron chi connectivity index (χ0n) is 17.1. The van der Waals surface area contributed by atoms with Gasteiger partial charge in [0.2, 0.25) is 11.0 Å². The number of para-hydroxylation sites is 1. The van der Waals surface area contributed by atoms with E-state index < -0.39 is 18.0 Å². The smallest absolute Gasteiger partial charge is 0.341 e. The summed E-state index contributed by atoms with van der Waals surface area (Å²) in [5.74, 6) is -1.01. The molecule has 0 aliphatic carbocycles. The maximum Gasteiger partial charge on any atom is 0.341 e. The summed E-state index contributed by atoms with van der Waals surface area (Å²) < 4.78 is 5.33. The molecule has 6 nitrogen and oxygen atoms in total. The first-order valence-electron chi connectivity index (χ1n) is 10.0. The van der Waals surface area contributed by atoms with Gasteiger partial charge < -0.3 is 9.84 Å². The van der Waals surface area contributed by atoms with E-state index >= 15 is 0 Å². The molecule has 0 bridgehead atoms. The highest BCUT2D eigenvalue weighted by Gasteiger charge is 2.49. The van der Waals surface area contributed by atoms with Gasteiger partial charge in [-0.1, -0.05) is 44.9 Å². The van der Waals surface area contributed by atoms with Crippen LogP contribution in [0.15, 0.2) is 53.4 Å². The van der Waals surface area contributed by atoms with Crippen molar-refractivity contribution >= 4 is 40.1 Å². The molecule has 1 heterocycles. The average molecular weight is 428 g/mol. The third-order valence-corrected chi connectivity index (χ3v) is 6.46. The van der Waals surface area contributed by atoms with Crippen LogP contribution in [0.25, 0.3) is 0 Å². The Bertz CT molecular complexity index is 946. The van der Waals surface area contributed by atoms with Gasteiger partial charge in [0.15, 0.2) is 6.61 Å². The molecule has 1 amide bonds. The van der Waals surface area contributed by atoms with Crippen molar-refractivity contribution < 1.29 is 24.2 Å². The van der Waals surface area contributed by atoms with E-state index in [-0.39, 0.29) is 11.0 Å². The normalized spacial score (nSPS) is 18.7. The van der Waals surface area contributed by atoms with Gasteiger partial charge in [-0.15, -0.1) is 0 Å². The van der Waals surface area contributed by atoms with Gasteiger partial charge in [-0.2, -0.15) is 0 Å². The molecular formula is C23H25NO5S. The fraction of sp³-hybridized carbons (Fsp3) is 0.348. The van der Waals surface area contributed by atoms with Crippen molar-refractivity contribution in [2.45, 2.75) is 44.4 Å². The first-order valence-corrected chi connectivity index (χ1v) is 10.8. The molecule has 1 unspecified atom stereocenters. The Morgan fingerprint density at radius 3 is 2.50 bits per heavy atom. The Balaban J connectivity index is 2.16. The van der Waals surface area contributed by atoms with Crippen molar-refractivity contribution in [1.82, 2.24) is 0 Å². The lowest BCUT2D eigenvalue weighted by atomic mass is 9.79. The molecule has 2 aromatic rings. The summed E-state index contributed by atoms with van der Waals surface area (Å²) in [6.45, 7) is 3.43. The van der Waals surface area contributed by atoms with Crippen LogP contribution in [0.2, 0.25) is 0 Å². The number of fused-ring (bicyclic) bond motifs is 1. The molecule has 0 saturated carbocycles. The van der Waals surface area contributed by atoms with E-state index in [1.54, 1.807) is 23.1 Å². The number of carboxylic acid groups (broad SMARTS) is 1. The fourth-order valence-electron chi connectivity index (χ4n) is 3.59. The van der Waals surface area contributed by atoms with Gasteiger partial charge in [0.25, 0.3) is 0 Å². The summed E-state index contributed by atoms with van der Waals surface area (Å²) in [7, 11) is 0. The van der Waals surface area contributed by atoms with Crippen molar-refractivity contribution in [2.24, 2.45) is 5.41 Å². The first kappa shape index (κ1) is 21.9. The van der Waals surface area contributed by atoms with Crippen molar-refractivity contribution in [3.8, 4) is 5.75 Å². The van der Waals surface area contributed by atoms with Gasteiger partial charge in [0, 0.05) is 16.6 Å². The zero-order chi connectivity index (χ0) is 21.7. The Labute approximate surface area is 180 Å². The van der Waals surface area contributed by atoms with Crippen LogP contribution in [0.5, 0.6) is 5.75 Å². The van der Waals surface area contributed by atoms with Crippen LogP contribution in [-0.4, -0.2) is 28.7 Å². The fourth-order valence-corrected chi connectivity index (χ4v) is 4.71. The molecule has 7 heteroatoms. The van der Waals surface area contributed by atoms with Crippen molar-refractivity contribution in [2.75, 3.05) is 11.5 Å². The summed E-state index contributed by atoms with van der Waals surface area (Å²) in [6, 6.07) is 14.2. The second-order valence-corrected chi connectivity index (χ2v) is 8.23. The van der Waals surface area contributed by atoms with Crippen molar-refractivity contribution in [1.29, 1.82) is 0 Å². The number of benzene rings is 2. The monoisotopic (exact) mass is 427 g/mol. The number of carbonyl (C=O) groups excluding carboxylic acids is 2. The van der Waals surface area contributed by atoms with E-state index in [1.807, 2.05) is 44.2 Å². The lowest BCUT2D eigenvalue weighted by molar-refractivity contribution is -0.139. The highest BCUT2D eigenvalue weighted by Crippen LogP contribution is 2.49. The van der Waals surface area contributed by atoms with E-state index in [2.05, 4.69) is 0 Å². The van der Waals surface area contributed by atoms with Gasteiger partial charge >= 0.3 is 5.97 Å². The minimum absolute atomic E-state index is 0.151. The van der Waals surface area contributed by atoms with Crippen LogP contribution in [-0.2, 0) is 14.4 Å². The predicted molar refractivity (Wildman–Crippen MR) is 116 cm³/mol. The molecule has 30 heavy (non-hydrogen) atoms.